The Kier molecular flexibility index (Phi) is 6.58. The van der Waals surface area contributed by atoms with Crippen molar-refractivity contribution in [3.63, 3.8) is 0 Å². The van der Waals surface area contributed by atoms with E-state index in [-0.39, 0.29) is 18.9 Å². The third kappa shape index (κ3) is 6.15. The fourth-order valence-corrected chi connectivity index (χ4v) is 1.79. The average Bonchev–Trinajstić information content (AvgIpc) is 2.52. The third-order valence-electron chi connectivity index (χ3n) is 2.93. The fourth-order valence-electron chi connectivity index (χ4n) is 1.79. The monoisotopic (exact) mass is 337 g/mol. The lowest BCUT2D eigenvalue weighted by Gasteiger charge is -2.26. The van der Waals surface area contributed by atoms with E-state index in [9.17, 15) is 9.59 Å². The normalized spacial score (nSPS) is 11.8. The van der Waals surface area contributed by atoms with Crippen LogP contribution in [0.1, 0.15) is 31.9 Å². The highest BCUT2D eigenvalue weighted by Crippen LogP contribution is 2.13. The van der Waals surface area contributed by atoms with Gasteiger partial charge in [-0.3, -0.25) is 9.69 Å². The summed E-state index contributed by atoms with van der Waals surface area (Å²) in [6, 6.07) is 6.72. The number of amidine groups is 1. The van der Waals surface area contributed by atoms with Crippen LogP contribution in [0.25, 0.3) is 0 Å². The van der Waals surface area contributed by atoms with E-state index in [0.29, 0.717) is 5.56 Å². The highest BCUT2D eigenvalue weighted by Gasteiger charge is 2.24. The number of esters is 1. The molecule has 24 heavy (non-hydrogen) atoms. The summed E-state index contributed by atoms with van der Waals surface area (Å²) in [5, 5.41) is 11.6. The molecule has 0 radical (unpaired) electrons. The molecule has 1 aromatic rings. The van der Waals surface area contributed by atoms with E-state index >= 15 is 0 Å². The number of amides is 1. The smallest absolute Gasteiger partial charge is 0.411 e. The molecule has 0 aliphatic carbocycles. The number of ether oxygens (including phenoxy) is 2. The summed E-state index contributed by atoms with van der Waals surface area (Å²) in [5.74, 6) is -0.561. The molecule has 132 valence electrons. The van der Waals surface area contributed by atoms with E-state index in [4.69, 9.17) is 15.7 Å². The number of oxime groups is 1. The van der Waals surface area contributed by atoms with Crippen molar-refractivity contribution in [2.45, 2.75) is 32.9 Å². The van der Waals surface area contributed by atoms with Gasteiger partial charge in [0.1, 0.15) is 12.1 Å². The van der Waals surface area contributed by atoms with Crippen molar-refractivity contribution in [1.29, 1.82) is 0 Å². The lowest BCUT2D eigenvalue weighted by Crippen LogP contribution is -2.39. The van der Waals surface area contributed by atoms with Crippen molar-refractivity contribution in [3.8, 4) is 0 Å². The van der Waals surface area contributed by atoms with Gasteiger partial charge in [0.15, 0.2) is 5.84 Å². The van der Waals surface area contributed by atoms with Crippen LogP contribution in [0, 0.1) is 0 Å². The standard InChI is InChI=1S/C16H23N3O5/c1-16(2,3)24-15(21)19(10-13(20)23-4)9-11-5-7-12(8-6-11)14(17)18-22/h5-8,22H,9-10H2,1-4H3,(H2,17,18). The zero-order valence-corrected chi connectivity index (χ0v) is 14.3. The Hall–Kier alpha value is -2.77. The largest absolute Gasteiger partial charge is 0.468 e. The Bertz CT molecular complexity index is 605. The summed E-state index contributed by atoms with van der Waals surface area (Å²) in [7, 11) is 1.25. The molecular weight excluding hydrogens is 314 g/mol. The molecular formula is C16H23N3O5. The first-order valence-electron chi connectivity index (χ1n) is 7.28. The first-order valence-corrected chi connectivity index (χ1v) is 7.28. The fraction of sp³-hybridized carbons (Fsp3) is 0.438. The second kappa shape index (κ2) is 8.19. The molecule has 0 aromatic heterocycles. The molecule has 3 N–H and O–H groups in total. The number of benzene rings is 1. The van der Waals surface area contributed by atoms with Crippen LogP contribution >= 0.6 is 0 Å². The maximum atomic E-state index is 12.3. The third-order valence-corrected chi connectivity index (χ3v) is 2.93. The summed E-state index contributed by atoms with van der Waals surface area (Å²) >= 11 is 0. The molecule has 0 unspecified atom stereocenters. The highest BCUT2D eigenvalue weighted by atomic mass is 16.6. The first-order chi connectivity index (χ1) is 11.2. The van der Waals surface area contributed by atoms with E-state index < -0.39 is 17.7 Å². The van der Waals surface area contributed by atoms with E-state index in [1.165, 1.54) is 12.0 Å². The van der Waals surface area contributed by atoms with Gasteiger partial charge in [-0.15, -0.1) is 0 Å². The van der Waals surface area contributed by atoms with Gasteiger partial charge < -0.3 is 20.4 Å². The van der Waals surface area contributed by atoms with E-state index in [0.717, 1.165) is 5.56 Å². The van der Waals surface area contributed by atoms with Gasteiger partial charge >= 0.3 is 12.1 Å². The number of hydrogen-bond acceptors (Lipinski definition) is 6. The van der Waals surface area contributed by atoms with Crippen molar-refractivity contribution in [2.75, 3.05) is 13.7 Å². The number of carbonyl (C=O) groups is 2. The van der Waals surface area contributed by atoms with Gasteiger partial charge in [0.25, 0.3) is 0 Å². The minimum absolute atomic E-state index is 0.0138. The van der Waals surface area contributed by atoms with Crippen molar-refractivity contribution < 1.29 is 24.3 Å². The molecule has 1 rings (SSSR count). The van der Waals surface area contributed by atoms with Crippen LogP contribution in [-0.4, -0.2) is 47.3 Å². The predicted octanol–water partition coefficient (Wildman–Crippen LogP) is 1.69. The van der Waals surface area contributed by atoms with Crippen LogP contribution in [0.4, 0.5) is 4.79 Å². The second-order valence-corrected chi connectivity index (χ2v) is 6.09. The number of methoxy groups -OCH3 is 1. The molecule has 8 nitrogen and oxygen atoms in total. The quantitative estimate of drug-likeness (QED) is 0.278. The summed E-state index contributed by atoms with van der Waals surface area (Å²) in [6.07, 6.45) is -0.617. The molecule has 0 bridgehead atoms. The predicted molar refractivity (Wildman–Crippen MR) is 87.6 cm³/mol. The van der Waals surface area contributed by atoms with Crippen LogP contribution in [0.5, 0.6) is 0 Å². The summed E-state index contributed by atoms with van der Waals surface area (Å²) in [6.45, 7) is 5.15. The van der Waals surface area contributed by atoms with Gasteiger partial charge in [-0.05, 0) is 26.3 Å². The zero-order chi connectivity index (χ0) is 18.3. The van der Waals surface area contributed by atoms with Crippen molar-refractivity contribution in [1.82, 2.24) is 4.90 Å². The van der Waals surface area contributed by atoms with Crippen molar-refractivity contribution in [2.24, 2.45) is 10.9 Å². The van der Waals surface area contributed by atoms with Gasteiger partial charge in [-0.2, -0.15) is 0 Å². The van der Waals surface area contributed by atoms with E-state index in [1.54, 1.807) is 45.0 Å². The van der Waals surface area contributed by atoms with Crippen molar-refractivity contribution >= 4 is 17.9 Å². The Morgan fingerprint density at radius 3 is 2.29 bits per heavy atom. The van der Waals surface area contributed by atoms with Gasteiger partial charge in [0.05, 0.1) is 7.11 Å². The SMILES string of the molecule is COC(=O)CN(Cc1ccc(/C(N)=N/O)cc1)C(=O)OC(C)(C)C. The number of nitrogens with two attached hydrogens (primary N) is 1. The topological polar surface area (TPSA) is 114 Å². The zero-order valence-electron chi connectivity index (χ0n) is 14.3. The Morgan fingerprint density at radius 1 is 1.25 bits per heavy atom. The first kappa shape index (κ1) is 19.3. The molecule has 1 aromatic carbocycles. The Balaban J connectivity index is 2.91. The van der Waals surface area contributed by atoms with E-state index in [1.807, 2.05) is 0 Å². The van der Waals surface area contributed by atoms with Gasteiger partial charge in [0, 0.05) is 12.1 Å². The Labute approximate surface area is 140 Å². The van der Waals surface area contributed by atoms with Crippen LogP contribution < -0.4 is 5.73 Å². The molecule has 0 atom stereocenters. The molecule has 0 spiro atoms. The lowest BCUT2D eigenvalue weighted by molar-refractivity contribution is -0.142. The van der Waals surface area contributed by atoms with Gasteiger partial charge in [-0.25, -0.2) is 4.79 Å². The molecule has 0 saturated heterocycles. The number of nitrogens with zero attached hydrogens (tertiary/aromatic N) is 2. The Morgan fingerprint density at radius 2 is 1.83 bits per heavy atom. The molecule has 0 aliphatic heterocycles. The number of rotatable bonds is 5. The molecule has 0 heterocycles. The highest BCUT2D eigenvalue weighted by molar-refractivity contribution is 5.96. The van der Waals surface area contributed by atoms with E-state index in [2.05, 4.69) is 9.89 Å². The lowest BCUT2D eigenvalue weighted by atomic mass is 10.1. The minimum atomic E-state index is -0.679. The van der Waals surface area contributed by atoms with Crippen LogP contribution in [-0.2, 0) is 20.8 Å². The molecule has 8 heteroatoms. The average molecular weight is 337 g/mol. The van der Waals surface area contributed by atoms with Gasteiger partial charge in [0.2, 0.25) is 0 Å². The van der Waals surface area contributed by atoms with Crippen molar-refractivity contribution in [3.05, 3.63) is 35.4 Å². The summed E-state index contributed by atoms with van der Waals surface area (Å²) < 4.78 is 9.92. The van der Waals surface area contributed by atoms with Crippen LogP contribution in [0.3, 0.4) is 0 Å². The molecule has 0 aliphatic rings. The summed E-state index contributed by atoms with van der Waals surface area (Å²) in [4.78, 5) is 25.0. The summed E-state index contributed by atoms with van der Waals surface area (Å²) in [5.41, 5.74) is 6.11. The maximum Gasteiger partial charge on any atom is 0.411 e. The molecule has 0 fully saturated rings. The number of carbonyl (C=O) groups excluding carboxylic acids is 2. The van der Waals surface area contributed by atoms with Crippen LogP contribution in [0.2, 0.25) is 0 Å². The van der Waals surface area contributed by atoms with Gasteiger partial charge in [-0.1, -0.05) is 29.4 Å². The molecule has 0 saturated carbocycles. The number of hydrogen-bond donors (Lipinski definition) is 2. The maximum absolute atomic E-state index is 12.3. The minimum Gasteiger partial charge on any atom is -0.468 e. The second-order valence-electron chi connectivity index (χ2n) is 6.09. The van der Waals surface area contributed by atoms with Crippen LogP contribution in [0.15, 0.2) is 29.4 Å². The molecule has 1 amide bonds.